The number of hydrogen-bond acceptors (Lipinski definition) is 4. The lowest BCUT2D eigenvalue weighted by Crippen LogP contribution is -2.08. The molecule has 0 fully saturated rings. The maximum atomic E-state index is 10.8. The Morgan fingerprint density at radius 3 is 2.55 bits per heavy atom. The molecule has 2 aromatic carbocycles. The highest BCUT2D eigenvalue weighted by atomic mass is 16.6. The first-order valence-electron chi connectivity index (χ1n) is 7.24. The first-order valence-corrected chi connectivity index (χ1v) is 7.24. The topological polar surface area (TPSA) is 64.4 Å². The molecule has 1 N–H and O–H groups in total. The fourth-order valence-corrected chi connectivity index (χ4v) is 2.03. The lowest BCUT2D eigenvalue weighted by Gasteiger charge is -2.10. The van der Waals surface area contributed by atoms with Crippen LogP contribution in [0.25, 0.3) is 0 Å². The maximum Gasteiger partial charge on any atom is 0.271 e. The quantitative estimate of drug-likeness (QED) is 0.475. The third kappa shape index (κ3) is 4.48. The Morgan fingerprint density at radius 2 is 1.86 bits per heavy atom. The largest absolute Gasteiger partial charge is 0.494 e. The van der Waals surface area contributed by atoms with Crippen LogP contribution in [-0.4, -0.2) is 18.1 Å². The van der Waals surface area contributed by atoms with Crippen LogP contribution in [0.5, 0.6) is 5.75 Å². The third-order valence-electron chi connectivity index (χ3n) is 3.36. The van der Waals surface area contributed by atoms with Crippen molar-refractivity contribution in [1.29, 1.82) is 0 Å². The molecule has 0 unspecified atom stereocenters. The van der Waals surface area contributed by atoms with E-state index >= 15 is 0 Å². The van der Waals surface area contributed by atoms with Crippen molar-refractivity contribution in [3.63, 3.8) is 0 Å². The second-order valence-electron chi connectivity index (χ2n) is 5.20. The van der Waals surface area contributed by atoms with Crippen LogP contribution in [0.4, 0.5) is 11.4 Å². The van der Waals surface area contributed by atoms with Crippen LogP contribution in [0.1, 0.15) is 17.5 Å². The Hall–Kier alpha value is -2.56. The predicted molar refractivity (Wildman–Crippen MR) is 87.6 cm³/mol. The Kier molecular flexibility index (Phi) is 5.36. The van der Waals surface area contributed by atoms with Gasteiger partial charge in [0.2, 0.25) is 0 Å². The Balaban J connectivity index is 1.78. The molecule has 0 radical (unpaired) electrons. The van der Waals surface area contributed by atoms with E-state index < -0.39 is 0 Å². The van der Waals surface area contributed by atoms with E-state index in [0.717, 1.165) is 23.4 Å². The van der Waals surface area contributed by atoms with Gasteiger partial charge in [0.15, 0.2) is 0 Å². The summed E-state index contributed by atoms with van der Waals surface area (Å²) >= 11 is 0. The number of anilines is 1. The van der Waals surface area contributed by atoms with Gasteiger partial charge in [-0.25, -0.2) is 0 Å². The number of nitro benzene ring substituents is 1. The number of non-ortho nitro benzene ring substituents is 1. The number of nitro groups is 1. The van der Waals surface area contributed by atoms with Gasteiger partial charge in [0.1, 0.15) is 5.75 Å². The molecule has 0 atom stereocenters. The first kappa shape index (κ1) is 15.8. The highest BCUT2D eigenvalue weighted by Crippen LogP contribution is 2.21. The first-order chi connectivity index (χ1) is 10.6. The summed E-state index contributed by atoms with van der Waals surface area (Å²) in [5.74, 6) is 0.858. The van der Waals surface area contributed by atoms with Gasteiger partial charge in [-0.3, -0.25) is 10.1 Å². The van der Waals surface area contributed by atoms with Crippen LogP contribution in [0.15, 0.2) is 42.5 Å². The minimum atomic E-state index is -0.384. The summed E-state index contributed by atoms with van der Waals surface area (Å²) in [7, 11) is 0. The second kappa shape index (κ2) is 7.45. The van der Waals surface area contributed by atoms with Crippen LogP contribution in [0, 0.1) is 24.0 Å². The molecule has 0 aliphatic heterocycles. The summed E-state index contributed by atoms with van der Waals surface area (Å²) in [5.41, 5.74) is 3.09. The molecule has 0 heterocycles. The Morgan fingerprint density at radius 1 is 1.14 bits per heavy atom. The molecular weight excluding hydrogens is 280 g/mol. The standard InChI is InChI=1S/C17H20N2O3/c1-13-4-8-16(9-5-13)22-11-3-10-18-17-12-15(19(20)21)7-6-14(17)2/h4-9,12,18H,3,10-11H2,1-2H3. The van der Waals surface area contributed by atoms with Gasteiger partial charge in [-0.15, -0.1) is 0 Å². The number of rotatable bonds is 7. The zero-order valence-corrected chi connectivity index (χ0v) is 12.8. The van der Waals surface area contributed by atoms with Gasteiger partial charge in [0, 0.05) is 24.4 Å². The maximum absolute atomic E-state index is 10.8. The number of benzene rings is 2. The molecule has 0 aliphatic rings. The van der Waals surface area contributed by atoms with Gasteiger partial charge in [0.25, 0.3) is 5.69 Å². The van der Waals surface area contributed by atoms with Gasteiger partial charge in [-0.1, -0.05) is 23.8 Å². The van der Waals surface area contributed by atoms with E-state index in [1.54, 1.807) is 12.1 Å². The number of aryl methyl sites for hydroxylation is 2. The van der Waals surface area contributed by atoms with Gasteiger partial charge in [0.05, 0.1) is 11.5 Å². The summed E-state index contributed by atoms with van der Waals surface area (Å²) < 4.78 is 5.64. The van der Waals surface area contributed by atoms with Gasteiger partial charge in [-0.2, -0.15) is 0 Å². The van der Waals surface area contributed by atoms with Crippen LogP contribution >= 0.6 is 0 Å². The summed E-state index contributed by atoms with van der Waals surface area (Å²) in [4.78, 5) is 10.4. The van der Waals surface area contributed by atoms with Crippen molar-refractivity contribution in [1.82, 2.24) is 0 Å². The molecule has 0 aromatic heterocycles. The SMILES string of the molecule is Cc1ccc(OCCCNc2cc([N+](=O)[O-])ccc2C)cc1. The van der Waals surface area contributed by atoms with Crippen LogP contribution in [0.3, 0.4) is 0 Å². The number of nitrogens with one attached hydrogen (secondary N) is 1. The van der Waals surface area contributed by atoms with E-state index in [1.165, 1.54) is 11.6 Å². The average molecular weight is 300 g/mol. The van der Waals surface area contributed by atoms with E-state index in [4.69, 9.17) is 4.74 Å². The highest BCUT2D eigenvalue weighted by Gasteiger charge is 2.07. The van der Waals surface area contributed by atoms with Crippen molar-refractivity contribution in [2.75, 3.05) is 18.5 Å². The van der Waals surface area contributed by atoms with E-state index in [9.17, 15) is 10.1 Å². The van der Waals surface area contributed by atoms with Crippen LogP contribution in [0.2, 0.25) is 0 Å². The molecule has 0 bridgehead atoms. The lowest BCUT2D eigenvalue weighted by molar-refractivity contribution is -0.384. The van der Waals surface area contributed by atoms with E-state index in [1.807, 2.05) is 38.1 Å². The molecule has 0 aliphatic carbocycles. The molecule has 0 saturated carbocycles. The highest BCUT2D eigenvalue weighted by molar-refractivity contribution is 5.56. The number of hydrogen-bond donors (Lipinski definition) is 1. The summed E-state index contributed by atoms with van der Waals surface area (Å²) in [6.45, 7) is 5.27. The van der Waals surface area contributed by atoms with E-state index in [-0.39, 0.29) is 10.6 Å². The Labute approximate surface area is 130 Å². The normalized spacial score (nSPS) is 10.3. The van der Waals surface area contributed by atoms with Gasteiger partial charge in [-0.05, 0) is 38.0 Å². The van der Waals surface area contributed by atoms with Crippen LogP contribution < -0.4 is 10.1 Å². The monoisotopic (exact) mass is 300 g/mol. The predicted octanol–water partition coefficient (Wildman–Crippen LogP) is 4.09. The molecule has 22 heavy (non-hydrogen) atoms. The fraction of sp³-hybridized carbons (Fsp3) is 0.294. The van der Waals surface area contributed by atoms with Crippen molar-refractivity contribution in [2.24, 2.45) is 0 Å². The number of ether oxygens (including phenoxy) is 1. The average Bonchev–Trinajstić information content (AvgIpc) is 2.50. The van der Waals surface area contributed by atoms with Crippen molar-refractivity contribution >= 4 is 11.4 Å². The van der Waals surface area contributed by atoms with Crippen LogP contribution in [-0.2, 0) is 0 Å². The smallest absolute Gasteiger partial charge is 0.271 e. The van der Waals surface area contributed by atoms with Crippen molar-refractivity contribution in [3.05, 3.63) is 63.7 Å². The summed E-state index contributed by atoms with van der Waals surface area (Å²) in [5, 5.41) is 14.0. The van der Waals surface area contributed by atoms with E-state index in [0.29, 0.717) is 13.2 Å². The Bertz CT molecular complexity index is 639. The van der Waals surface area contributed by atoms with Crippen molar-refractivity contribution in [3.8, 4) is 5.75 Å². The fourth-order valence-electron chi connectivity index (χ4n) is 2.03. The van der Waals surface area contributed by atoms with Gasteiger partial charge < -0.3 is 10.1 Å². The summed E-state index contributed by atoms with van der Waals surface area (Å²) in [6, 6.07) is 12.8. The molecular formula is C17H20N2O3. The second-order valence-corrected chi connectivity index (χ2v) is 5.20. The molecule has 2 aromatic rings. The minimum Gasteiger partial charge on any atom is -0.494 e. The molecule has 5 heteroatoms. The molecule has 116 valence electrons. The summed E-state index contributed by atoms with van der Waals surface area (Å²) in [6.07, 6.45) is 0.815. The molecule has 0 spiro atoms. The lowest BCUT2D eigenvalue weighted by atomic mass is 10.2. The van der Waals surface area contributed by atoms with Crippen molar-refractivity contribution in [2.45, 2.75) is 20.3 Å². The molecule has 5 nitrogen and oxygen atoms in total. The third-order valence-corrected chi connectivity index (χ3v) is 3.36. The van der Waals surface area contributed by atoms with Crippen molar-refractivity contribution < 1.29 is 9.66 Å². The molecule has 0 amide bonds. The molecule has 2 rings (SSSR count). The molecule has 0 saturated heterocycles. The zero-order valence-electron chi connectivity index (χ0n) is 12.8. The zero-order chi connectivity index (χ0) is 15.9. The van der Waals surface area contributed by atoms with Gasteiger partial charge >= 0.3 is 0 Å². The minimum absolute atomic E-state index is 0.101. The number of nitrogens with zero attached hydrogens (tertiary/aromatic N) is 1. The van der Waals surface area contributed by atoms with E-state index in [2.05, 4.69) is 5.32 Å².